The number of anilines is 2. The molecule has 0 aromatic carbocycles. The fourth-order valence-corrected chi connectivity index (χ4v) is 4.01. The summed E-state index contributed by atoms with van der Waals surface area (Å²) in [7, 11) is -3.72. The van der Waals surface area contributed by atoms with Gasteiger partial charge in [-0.15, -0.1) is 0 Å². The van der Waals surface area contributed by atoms with E-state index in [0.717, 1.165) is 0 Å². The lowest BCUT2D eigenvalue weighted by molar-refractivity contribution is -0.117. The highest BCUT2D eigenvalue weighted by Crippen LogP contribution is 2.24. The van der Waals surface area contributed by atoms with E-state index >= 15 is 0 Å². The van der Waals surface area contributed by atoms with E-state index in [0.29, 0.717) is 48.9 Å². The zero-order valence-corrected chi connectivity index (χ0v) is 17.0. The third-order valence-electron chi connectivity index (χ3n) is 4.86. The maximum absolute atomic E-state index is 11.8. The Morgan fingerprint density at radius 2 is 2.14 bits per heavy atom. The number of fused-ring (bicyclic) bond motifs is 1. The summed E-state index contributed by atoms with van der Waals surface area (Å²) in [4.78, 5) is 25.2. The number of Topliss-reactive ketones (excluding diaryl/α,β-unsaturated/α-hetero) is 1. The molecule has 0 radical (unpaired) electrons. The number of hydrogen-bond acceptors (Lipinski definition) is 8. The second kappa shape index (κ2) is 7.97. The Kier molecular flexibility index (Phi) is 5.82. The predicted octanol–water partition coefficient (Wildman–Crippen LogP) is 0.315. The van der Waals surface area contributed by atoms with E-state index in [4.69, 9.17) is 5.14 Å². The van der Waals surface area contributed by atoms with Gasteiger partial charge in [-0.05, 0) is 26.7 Å². The van der Waals surface area contributed by atoms with Crippen molar-refractivity contribution in [3.63, 3.8) is 0 Å². The third-order valence-corrected chi connectivity index (χ3v) is 5.91. The Bertz CT molecular complexity index is 974. The lowest BCUT2D eigenvalue weighted by Gasteiger charge is -2.17. The number of aryl methyl sites for hydroxylation is 1. The Morgan fingerprint density at radius 3 is 2.71 bits per heavy atom. The summed E-state index contributed by atoms with van der Waals surface area (Å²) in [6, 6.07) is -0.529. The van der Waals surface area contributed by atoms with Gasteiger partial charge in [-0.25, -0.2) is 10.1 Å². The first-order valence-electron chi connectivity index (χ1n) is 9.27. The summed E-state index contributed by atoms with van der Waals surface area (Å²) in [5.74, 6) is 0.831. The van der Waals surface area contributed by atoms with Crippen LogP contribution in [0.2, 0.25) is 0 Å². The molecule has 0 unspecified atom stereocenters. The van der Waals surface area contributed by atoms with Crippen LogP contribution < -0.4 is 15.8 Å². The SMILES string of the molecule is CC[C@H](Nc1nc(N[C@H]2CCN(S(N)(=O)=O)C2)c2ncn(CC)c2n1)C(C)=O. The second-order valence-electron chi connectivity index (χ2n) is 6.85. The van der Waals surface area contributed by atoms with Crippen LogP contribution >= 0.6 is 0 Å². The molecular weight excluding hydrogens is 384 g/mol. The molecule has 3 heterocycles. The van der Waals surface area contributed by atoms with Crippen molar-refractivity contribution in [2.24, 2.45) is 5.14 Å². The van der Waals surface area contributed by atoms with Crippen molar-refractivity contribution in [2.45, 2.75) is 52.2 Å². The minimum absolute atomic E-state index is 0.00397. The number of rotatable bonds is 8. The van der Waals surface area contributed by atoms with Crippen LogP contribution in [0.3, 0.4) is 0 Å². The first kappa shape index (κ1) is 20.4. The molecule has 0 spiro atoms. The van der Waals surface area contributed by atoms with Gasteiger partial charge >= 0.3 is 0 Å². The molecule has 4 N–H and O–H groups in total. The summed E-state index contributed by atoms with van der Waals surface area (Å²) in [5, 5.41) is 11.6. The third kappa shape index (κ3) is 4.23. The largest absolute Gasteiger partial charge is 0.364 e. The van der Waals surface area contributed by atoms with E-state index in [1.54, 1.807) is 6.33 Å². The lowest BCUT2D eigenvalue weighted by Crippen LogP contribution is -2.36. The fourth-order valence-electron chi connectivity index (χ4n) is 3.26. The Morgan fingerprint density at radius 1 is 1.39 bits per heavy atom. The Labute approximate surface area is 163 Å². The summed E-state index contributed by atoms with van der Waals surface area (Å²) in [5.41, 5.74) is 1.24. The predicted molar refractivity (Wildman–Crippen MR) is 106 cm³/mol. The smallest absolute Gasteiger partial charge is 0.276 e. The van der Waals surface area contributed by atoms with E-state index in [-0.39, 0.29) is 24.4 Å². The zero-order valence-electron chi connectivity index (χ0n) is 16.2. The van der Waals surface area contributed by atoms with Gasteiger partial charge in [-0.3, -0.25) is 4.79 Å². The topological polar surface area (TPSA) is 148 Å². The molecule has 1 fully saturated rings. The number of aromatic nitrogens is 4. The van der Waals surface area contributed by atoms with Crippen LogP contribution in [0.5, 0.6) is 0 Å². The number of nitrogens with one attached hydrogen (secondary N) is 2. The number of ketones is 1. The molecular formula is C16H26N8O3S. The van der Waals surface area contributed by atoms with Crippen molar-refractivity contribution in [1.82, 2.24) is 23.8 Å². The molecule has 0 bridgehead atoms. The molecule has 1 aliphatic rings. The maximum atomic E-state index is 11.8. The van der Waals surface area contributed by atoms with Gasteiger partial charge in [0, 0.05) is 25.7 Å². The molecule has 12 heteroatoms. The second-order valence-corrected chi connectivity index (χ2v) is 8.39. The number of imidazole rings is 1. The van der Waals surface area contributed by atoms with Gasteiger partial charge in [0.15, 0.2) is 22.8 Å². The van der Waals surface area contributed by atoms with E-state index in [1.807, 2.05) is 18.4 Å². The molecule has 2 atom stereocenters. The first-order valence-corrected chi connectivity index (χ1v) is 10.8. The van der Waals surface area contributed by atoms with Gasteiger partial charge < -0.3 is 15.2 Å². The van der Waals surface area contributed by atoms with Crippen molar-refractivity contribution < 1.29 is 13.2 Å². The molecule has 1 aliphatic heterocycles. The summed E-state index contributed by atoms with van der Waals surface area (Å²) >= 11 is 0. The average molecular weight is 411 g/mol. The average Bonchev–Trinajstić information content (AvgIpc) is 3.25. The number of hydrogen-bond donors (Lipinski definition) is 3. The van der Waals surface area contributed by atoms with E-state index in [9.17, 15) is 13.2 Å². The van der Waals surface area contributed by atoms with Gasteiger partial charge in [-0.1, -0.05) is 6.92 Å². The highest BCUT2D eigenvalue weighted by Gasteiger charge is 2.30. The van der Waals surface area contributed by atoms with Crippen LogP contribution in [0.1, 0.15) is 33.6 Å². The molecule has 2 aromatic heterocycles. The van der Waals surface area contributed by atoms with Crippen LogP contribution in [0, 0.1) is 0 Å². The Hall–Kier alpha value is -2.31. The van der Waals surface area contributed by atoms with E-state index < -0.39 is 10.2 Å². The molecule has 11 nitrogen and oxygen atoms in total. The van der Waals surface area contributed by atoms with Crippen LogP contribution in [0.25, 0.3) is 11.2 Å². The number of carbonyl (C=O) groups is 1. The van der Waals surface area contributed by atoms with Crippen LogP contribution in [-0.2, 0) is 21.5 Å². The fraction of sp³-hybridized carbons (Fsp3) is 0.625. The quantitative estimate of drug-likeness (QED) is 0.563. The van der Waals surface area contributed by atoms with Crippen molar-refractivity contribution in [3.05, 3.63) is 6.33 Å². The molecule has 3 rings (SSSR count). The van der Waals surface area contributed by atoms with Crippen LogP contribution in [0.4, 0.5) is 11.8 Å². The van der Waals surface area contributed by atoms with E-state index in [2.05, 4.69) is 25.6 Å². The summed E-state index contributed by atoms with van der Waals surface area (Å²) in [6.45, 7) is 6.70. The molecule has 0 aliphatic carbocycles. The van der Waals surface area contributed by atoms with Crippen molar-refractivity contribution in [2.75, 3.05) is 23.7 Å². The molecule has 2 aromatic rings. The molecule has 28 heavy (non-hydrogen) atoms. The maximum Gasteiger partial charge on any atom is 0.276 e. The van der Waals surface area contributed by atoms with Crippen molar-refractivity contribution >= 4 is 38.9 Å². The highest BCUT2D eigenvalue weighted by molar-refractivity contribution is 7.86. The molecule has 1 saturated heterocycles. The number of nitrogens with zero attached hydrogens (tertiary/aromatic N) is 5. The van der Waals surface area contributed by atoms with Gasteiger partial charge in [0.1, 0.15) is 0 Å². The summed E-state index contributed by atoms with van der Waals surface area (Å²) in [6.07, 6.45) is 2.89. The molecule has 154 valence electrons. The number of carbonyl (C=O) groups excluding carboxylic acids is 1. The Balaban J connectivity index is 1.92. The lowest BCUT2D eigenvalue weighted by atomic mass is 10.1. The number of nitrogens with two attached hydrogens (primary N) is 1. The van der Waals surface area contributed by atoms with Gasteiger partial charge in [0.25, 0.3) is 10.2 Å². The zero-order chi connectivity index (χ0) is 20.5. The molecule has 0 saturated carbocycles. The van der Waals surface area contributed by atoms with Crippen LogP contribution in [0.15, 0.2) is 6.33 Å². The first-order chi connectivity index (χ1) is 13.2. The van der Waals surface area contributed by atoms with Crippen molar-refractivity contribution in [3.8, 4) is 0 Å². The van der Waals surface area contributed by atoms with Gasteiger partial charge in [-0.2, -0.15) is 22.7 Å². The highest BCUT2D eigenvalue weighted by atomic mass is 32.2. The summed E-state index contributed by atoms with van der Waals surface area (Å²) < 4.78 is 26.2. The minimum Gasteiger partial charge on any atom is -0.364 e. The van der Waals surface area contributed by atoms with E-state index in [1.165, 1.54) is 11.2 Å². The monoisotopic (exact) mass is 410 g/mol. The van der Waals surface area contributed by atoms with Crippen molar-refractivity contribution in [1.29, 1.82) is 0 Å². The van der Waals surface area contributed by atoms with Gasteiger partial charge in [0.05, 0.1) is 12.4 Å². The van der Waals surface area contributed by atoms with Gasteiger partial charge in [0.2, 0.25) is 5.95 Å². The standard InChI is InChI=1S/C16H26N8O3S/c1-4-12(10(3)25)20-16-21-14(13-15(22-16)23(5-2)9-18-13)19-11-6-7-24(8-11)28(17,26)27/h9,11-12H,4-8H2,1-3H3,(H2,17,26,27)(H2,19,20,21,22)/t11-,12-/m0/s1. The normalized spacial score (nSPS) is 19.1. The van der Waals surface area contributed by atoms with Crippen LogP contribution in [-0.4, -0.2) is 63.2 Å². The minimum atomic E-state index is -3.72. The molecule has 0 amide bonds.